The van der Waals surface area contributed by atoms with Gasteiger partial charge < -0.3 is 5.11 Å². The Kier molecular flexibility index (Phi) is 4.49. The third-order valence-corrected chi connectivity index (χ3v) is 6.00. The van der Waals surface area contributed by atoms with Crippen LogP contribution in [-0.2, 0) is 4.79 Å². The van der Waals surface area contributed by atoms with Crippen molar-refractivity contribution in [1.82, 2.24) is 9.88 Å². The standard InChI is InChI=1S/C15H24N2O2S/c1-5-15(14(18)19)6-8-17(9-7-15)11(3)13-10(2)16-12(4)20-13/h11H,5-9H2,1-4H3,(H,18,19). The van der Waals surface area contributed by atoms with E-state index in [1.165, 1.54) is 4.88 Å². The van der Waals surface area contributed by atoms with Crippen LogP contribution in [-0.4, -0.2) is 34.0 Å². The number of nitrogens with zero attached hydrogens (tertiary/aromatic N) is 2. The van der Waals surface area contributed by atoms with Gasteiger partial charge in [0.15, 0.2) is 0 Å². The molecule has 0 amide bonds. The maximum absolute atomic E-state index is 11.5. The van der Waals surface area contributed by atoms with Crippen molar-refractivity contribution >= 4 is 17.3 Å². The Bertz CT molecular complexity index is 490. The van der Waals surface area contributed by atoms with E-state index in [4.69, 9.17) is 0 Å². The lowest BCUT2D eigenvalue weighted by Crippen LogP contribution is -2.44. The molecule has 0 spiro atoms. The van der Waals surface area contributed by atoms with Crippen LogP contribution in [0.15, 0.2) is 0 Å². The summed E-state index contributed by atoms with van der Waals surface area (Å²) in [5.41, 5.74) is 0.611. The van der Waals surface area contributed by atoms with Crippen LogP contribution in [0, 0.1) is 19.3 Å². The summed E-state index contributed by atoms with van der Waals surface area (Å²) in [5, 5.41) is 10.6. The fourth-order valence-electron chi connectivity index (χ4n) is 3.16. The molecule has 1 aromatic rings. The molecular weight excluding hydrogens is 272 g/mol. The Balaban J connectivity index is 2.07. The maximum atomic E-state index is 11.5. The summed E-state index contributed by atoms with van der Waals surface area (Å²) in [6.07, 6.45) is 2.23. The number of aryl methyl sites for hydroxylation is 2. The van der Waals surface area contributed by atoms with E-state index in [1.54, 1.807) is 11.3 Å². The Labute approximate surface area is 124 Å². The Morgan fingerprint density at radius 3 is 2.45 bits per heavy atom. The Hall–Kier alpha value is -0.940. The van der Waals surface area contributed by atoms with Crippen molar-refractivity contribution in [2.24, 2.45) is 5.41 Å². The predicted molar refractivity (Wildman–Crippen MR) is 81.2 cm³/mol. The van der Waals surface area contributed by atoms with Crippen LogP contribution in [0.1, 0.15) is 54.7 Å². The SMILES string of the molecule is CCC1(C(=O)O)CCN(C(C)c2sc(C)nc2C)CC1. The summed E-state index contributed by atoms with van der Waals surface area (Å²) < 4.78 is 0. The van der Waals surface area contributed by atoms with Crippen LogP contribution < -0.4 is 0 Å². The first kappa shape index (κ1) is 15.4. The number of aromatic nitrogens is 1. The Morgan fingerprint density at radius 1 is 1.45 bits per heavy atom. The summed E-state index contributed by atoms with van der Waals surface area (Å²) >= 11 is 1.76. The highest BCUT2D eigenvalue weighted by Gasteiger charge is 2.40. The second-order valence-electron chi connectivity index (χ2n) is 5.83. The molecule has 0 aliphatic carbocycles. The monoisotopic (exact) mass is 296 g/mol. The number of likely N-dealkylation sites (tertiary alicyclic amines) is 1. The summed E-state index contributed by atoms with van der Waals surface area (Å²) in [5.74, 6) is -0.628. The zero-order valence-corrected chi connectivity index (χ0v) is 13.6. The summed E-state index contributed by atoms with van der Waals surface area (Å²) in [7, 11) is 0. The van der Waals surface area contributed by atoms with Crippen LogP contribution in [0.5, 0.6) is 0 Å². The predicted octanol–water partition coefficient (Wildman–Crippen LogP) is 3.40. The lowest BCUT2D eigenvalue weighted by atomic mass is 9.76. The molecule has 1 N–H and O–H groups in total. The van der Waals surface area contributed by atoms with E-state index >= 15 is 0 Å². The molecule has 0 radical (unpaired) electrons. The van der Waals surface area contributed by atoms with Crippen LogP contribution >= 0.6 is 11.3 Å². The van der Waals surface area contributed by atoms with Gasteiger partial charge in [-0.1, -0.05) is 6.92 Å². The van der Waals surface area contributed by atoms with E-state index in [-0.39, 0.29) is 0 Å². The van der Waals surface area contributed by atoms with Crippen LogP contribution in [0.25, 0.3) is 0 Å². The molecule has 4 nitrogen and oxygen atoms in total. The zero-order valence-electron chi connectivity index (χ0n) is 12.8. The fourth-order valence-corrected chi connectivity index (χ4v) is 4.17. The Morgan fingerprint density at radius 2 is 2.05 bits per heavy atom. The van der Waals surface area contributed by atoms with Gasteiger partial charge in [-0.15, -0.1) is 11.3 Å². The molecule has 1 aliphatic rings. The van der Waals surface area contributed by atoms with Crippen LogP contribution in [0.4, 0.5) is 0 Å². The number of carboxylic acids is 1. The van der Waals surface area contributed by atoms with E-state index in [0.29, 0.717) is 6.04 Å². The van der Waals surface area contributed by atoms with Gasteiger partial charge in [-0.25, -0.2) is 4.98 Å². The molecule has 1 saturated heterocycles. The molecule has 5 heteroatoms. The second-order valence-corrected chi connectivity index (χ2v) is 7.07. The van der Waals surface area contributed by atoms with Crippen molar-refractivity contribution in [2.45, 2.75) is 53.0 Å². The molecule has 20 heavy (non-hydrogen) atoms. The lowest BCUT2D eigenvalue weighted by Gasteiger charge is -2.40. The first-order valence-corrected chi connectivity index (χ1v) is 8.12. The minimum atomic E-state index is -0.628. The molecule has 112 valence electrons. The number of carboxylic acid groups (broad SMARTS) is 1. The number of hydrogen-bond acceptors (Lipinski definition) is 4. The minimum absolute atomic E-state index is 0.338. The molecule has 0 saturated carbocycles. The summed E-state index contributed by atoms with van der Waals surface area (Å²) in [4.78, 5) is 19.7. The molecule has 1 fully saturated rings. The van der Waals surface area contributed by atoms with Gasteiger partial charge in [-0.3, -0.25) is 9.69 Å². The number of rotatable bonds is 4. The molecule has 2 heterocycles. The minimum Gasteiger partial charge on any atom is -0.481 e. The molecule has 1 aromatic heterocycles. The molecule has 1 atom stereocenters. The first-order chi connectivity index (χ1) is 9.39. The maximum Gasteiger partial charge on any atom is 0.309 e. The third-order valence-electron chi connectivity index (χ3n) is 4.75. The molecule has 1 aliphatic heterocycles. The van der Waals surface area contributed by atoms with Gasteiger partial charge in [0.05, 0.1) is 16.1 Å². The number of thiazole rings is 1. The van der Waals surface area contributed by atoms with Crippen molar-refractivity contribution in [1.29, 1.82) is 0 Å². The first-order valence-electron chi connectivity index (χ1n) is 7.31. The van der Waals surface area contributed by atoms with E-state index in [9.17, 15) is 9.90 Å². The van der Waals surface area contributed by atoms with Gasteiger partial charge >= 0.3 is 5.97 Å². The van der Waals surface area contributed by atoms with Crippen molar-refractivity contribution in [2.75, 3.05) is 13.1 Å². The molecule has 1 unspecified atom stereocenters. The van der Waals surface area contributed by atoms with Gasteiger partial charge in [0.1, 0.15) is 0 Å². The average Bonchev–Trinajstić information content (AvgIpc) is 2.76. The molecule has 0 aromatic carbocycles. The lowest BCUT2D eigenvalue weighted by molar-refractivity contribution is -0.152. The summed E-state index contributed by atoms with van der Waals surface area (Å²) in [6, 6.07) is 0.338. The highest BCUT2D eigenvalue weighted by atomic mass is 32.1. The smallest absolute Gasteiger partial charge is 0.309 e. The van der Waals surface area contributed by atoms with Gasteiger partial charge in [0.25, 0.3) is 0 Å². The number of hydrogen-bond donors (Lipinski definition) is 1. The normalized spacial score (nSPS) is 20.8. The van der Waals surface area contributed by atoms with E-state index in [0.717, 1.165) is 43.1 Å². The van der Waals surface area contributed by atoms with Gasteiger partial charge in [0, 0.05) is 10.9 Å². The highest BCUT2D eigenvalue weighted by Crippen LogP contribution is 2.39. The molecular formula is C15H24N2O2S. The quantitative estimate of drug-likeness (QED) is 0.925. The number of piperidine rings is 1. The van der Waals surface area contributed by atoms with Crippen LogP contribution in [0.2, 0.25) is 0 Å². The van der Waals surface area contributed by atoms with Crippen molar-refractivity contribution in [3.8, 4) is 0 Å². The van der Waals surface area contributed by atoms with Crippen LogP contribution in [0.3, 0.4) is 0 Å². The largest absolute Gasteiger partial charge is 0.481 e. The zero-order chi connectivity index (χ0) is 14.9. The molecule has 2 rings (SSSR count). The highest BCUT2D eigenvalue weighted by molar-refractivity contribution is 7.11. The topological polar surface area (TPSA) is 53.4 Å². The number of aliphatic carboxylic acids is 1. The second kappa shape index (κ2) is 5.82. The fraction of sp³-hybridized carbons (Fsp3) is 0.733. The van der Waals surface area contributed by atoms with E-state index < -0.39 is 11.4 Å². The third kappa shape index (κ3) is 2.74. The molecule has 0 bridgehead atoms. The van der Waals surface area contributed by atoms with Crippen molar-refractivity contribution in [3.05, 3.63) is 15.6 Å². The van der Waals surface area contributed by atoms with Gasteiger partial charge in [-0.05, 0) is 53.1 Å². The van der Waals surface area contributed by atoms with Gasteiger partial charge in [-0.2, -0.15) is 0 Å². The van der Waals surface area contributed by atoms with Crippen molar-refractivity contribution < 1.29 is 9.90 Å². The van der Waals surface area contributed by atoms with E-state index in [2.05, 4.69) is 23.7 Å². The van der Waals surface area contributed by atoms with E-state index in [1.807, 2.05) is 13.8 Å². The number of carbonyl (C=O) groups is 1. The van der Waals surface area contributed by atoms with Gasteiger partial charge in [0.2, 0.25) is 0 Å². The van der Waals surface area contributed by atoms with Crippen molar-refractivity contribution in [3.63, 3.8) is 0 Å². The average molecular weight is 296 g/mol. The summed E-state index contributed by atoms with van der Waals surface area (Å²) in [6.45, 7) is 10.0.